The molecule has 1 atom stereocenters. The summed E-state index contributed by atoms with van der Waals surface area (Å²) in [4.78, 5) is 35.7. The van der Waals surface area contributed by atoms with E-state index in [1.165, 1.54) is 16.3 Å². The Morgan fingerprint density at radius 3 is 2.53 bits per heavy atom. The van der Waals surface area contributed by atoms with E-state index in [1.54, 1.807) is 25.3 Å². The highest BCUT2D eigenvalue weighted by Gasteiger charge is 2.21. The van der Waals surface area contributed by atoms with Crippen molar-refractivity contribution in [1.82, 2.24) is 14.5 Å². The number of hydrogen-bond donors (Lipinski definition) is 1. The predicted molar refractivity (Wildman–Crippen MR) is 138 cm³/mol. The number of benzene rings is 3. The first-order valence-electron chi connectivity index (χ1n) is 10.9. The molecule has 2 aromatic heterocycles. The van der Waals surface area contributed by atoms with Gasteiger partial charge in [0.2, 0.25) is 5.91 Å². The van der Waals surface area contributed by atoms with Crippen LogP contribution in [0.5, 0.6) is 0 Å². The number of amides is 1. The number of hydrogen-bond acceptors (Lipinski definition) is 5. The van der Waals surface area contributed by atoms with Gasteiger partial charge in [-0.2, -0.15) is 0 Å². The Hall–Kier alpha value is -3.97. The number of anilines is 1. The molecule has 1 N–H and O–H groups in total. The zero-order chi connectivity index (χ0) is 23.7. The largest absolute Gasteiger partial charge is 0.325 e. The highest BCUT2D eigenvalue weighted by atomic mass is 32.2. The summed E-state index contributed by atoms with van der Waals surface area (Å²) in [5.41, 5.74) is 2.09. The van der Waals surface area contributed by atoms with Crippen molar-refractivity contribution >= 4 is 45.0 Å². The number of nitrogens with one attached hydrogen (secondary N) is 1. The average molecular weight is 467 g/mol. The fourth-order valence-corrected chi connectivity index (χ4v) is 4.73. The number of nitrogens with zero attached hydrogens (tertiary/aromatic N) is 3. The molecule has 0 aliphatic heterocycles. The number of rotatable bonds is 5. The molecule has 0 bridgehead atoms. The van der Waals surface area contributed by atoms with Crippen molar-refractivity contribution in [3.8, 4) is 5.82 Å². The van der Waals surface area contributed by atoms with E-state index in [2.05, 4.69) is 10.3 Å². The van der Waals surface area contributed by atoms with Crippen molar-refractivity contribution in [1.29, 1.82) is 0 Å². The molecule has 0 fully saturated rings. The lowest BCUT2D eigenvalue weighted by Gasteiger charge is -2.17. The van der Waals surface area contributed by atoms with Gasteiger partial charge in [0, 0.05) is 17.3 Å². The Kier molecular flexibility index (Phi) is 5.86. The molecule has 2 heterocycles. The van der Waals surface area contributed by atoms with E-state index < -0.39 is 5.25 Å². The summed E-state index contributed by atoms with van der Waals surface area (Å²) >= 11 is 1.23. The van der Waals surface area contributed by atoms with Crippen LogP contribution in [0.3, 0.4) is 0 Å². The van der Waals surface area contributed by atoms with Gasteiger partial charge in [0.05, 0.1) is 16.2 Å². The van der Waals surface area contributed by atoms with E-state index in [0.29, 0.717) is 21.9 Å². The molecule has 0 aliphatic carbocycles. The van der Waals surface area contributed by atoms with Crippen molar-refractivity contribution in [2.45, 2.75) is 24.3 Å². The number of carbonyl (C=O) groups is 1. The van der Waals surface area contributed by atoms with Crippen LogP contribution in [0.4, 0.5) is 5.69 Å². The number of aryl methyl sites for hydroxylation is 1. The van der Waals surface area contributed by atoms with Gasteiger partial charge >= 0.3 is 0 Å². The number of carbonyl (C=O) groups excluding carboxylic acids is 1. The Balaban J connectivity index is 1.52. The van der Waals surface area contributed by atoms with Gasteiger partial charge < -0.3 is 5.32 Å². The molecule has 0 radical (unpaired) electrons. The summed E-state index contributed by atoms with van der Waals surface area (Å²) < 4.78 is 1.49. The highest BCUT2D eigenvalue weighted by molar-refractivity contribution is 8.00. The molecule has 34 heavy (non-hydrogen) atoms. The maximum atomic E-state index is 13.4. The van der Waals surface area contributed by atoms with Crippen LogP contribution in [0.2, 0.25) is 0 Å². The third kappa shape index (κ3) is 4.18. The predicted octanol–water partition coefficient (Wildman–Crippen LogP) is 5.36. The van der Waals surface area contributed by atoms with Gasteiger partial charge in [-0.3, -0.25) is 9.59 Å². The minimum absolute atomic E-state index is 0.174. The molecule has 5 aromatic rings. The fourth-order valence-electron chi connectivity index (χ4n) is 3.82. The number of para-hydroxylation sites is 1. The Bertz CT molecular complexity index is 1590. The number of thioether (sulfide) groups is 1. The molecule has 7 heteroatoms. The standard InChI is InChI=1S/C27H22N4O2S/c1-17-14-15-28-24(16-17)31-26(33)21-11-5-6-12-23(21)30-27(31)34-18(2)25(32)29-22-13-7-9-19-8-3-4-10-20(19)22/h3-16,18H,1-2H3,(H,29,32). The summed E-state index contributed by atoms with van der Waals surface area (Å²) in [7, 11) is 0. The number of fused-ring (bicyclic) bond motifs is 2. The summed E-state index contributed by atoms with van der Waals surface area (Å²) in [6.45, 7) is 3.75. The second-order valence-corrected chi connectivity index (χ2v) is 9.33. The minimum atomic E-state index is -0.511. The van der Waals surface area contributed by atoms with Crippen molar-refractivity contribution in [2.75, 3.05) is 5.32 Å². The van der Waals surface area contributed by atoms with Crippen LogP contribution in [0.25, 0.3) is 27.5 Å². The monoisotopic (exact) mass is 466 g/mol. The fraction of sp³-hybridized carbons (Fsp3) is 0.111. The van der Waals surface area contributed by atoms with Gasteiger partial charge in [0.1, 0.15) is 5.82 Å². The highest BCUT2D eigenvalue weighted by Crippen LogP contribution is 2.27. The molecule has 6 nitrogen and oxygen atoms in total. The van der Waals surface area contributed by atoms with Crippen LogP contribution in [0.1, 0.15) is 12.5 Å². The van der Waals surface area contributed by atoms with Crippen LogP contribution in [0, 0.1) is 6.92 Å². The second-order valence-electron chi connectivity index (χ2n) is 8.02. The van der Waals surface area contributed by atoms with Crippen molar-refractivity contribution in [2.24, 2.45) is 0 Å². The van der Waals surface area contributed by atoms with Crippen LogP contribution < -0.4 is 10.9 Å². The van der Waals surface area contributed by atoms with Crippen molar-refractivity contribution in [3.05, 3.63) is 101 Å². The normalized spacial score (nSPS) is 12.1. The molecular formula is C27H22N4O2S. The van der Waals surface area contributed by atoms with E-state index in [9.17, 15) is 9.59 Å². The van der Waals surface area contributed by atoms with E-state index >= 15 is 0 Å². The molecular weight excluding hydrogens is 444 g/mol. The lowest BCUT2D eigenvalue weighted by Crippen LogP contribution is -2.26. The average Bonchev–Trinajstić information content (AvgIpc) is 2.84. The van der Waals surface area contributed by atoms with Gasteiger partial charge in [-0.15, -0.1) is 0 Å². The first-order chi connectivity index (χ1) is 16.5. The third-order valence-corrected chi connectivity index (χ3v) is 6.63. The third-order valence-electron chi connectivity index (χ3n) is 5.57. The SMILES string of the molecule is Cc1ccnc(-n2c(SC(C)C(=O)Nc3cccc4ccccc34)nc3ccccc3c2=O)c1. The van der Waals surface area contributed by atoms with Crippen LogP contribution in [0.15, 0.2) is 95.0 Å². The Labute approximate surface area is 200 Å². The summed E-state index contributed by atoms with van der Waals surface area (Å²) in [6.07, 6.45) is 1.66. The van der Waals surface area contributed by atoms with Crippen molar-refractivity contribution < 1.29 is 4.79 Å². The number of aromatic nitrogens is 3. The Morgan fingerprint density at radius 2 is 1.71 bits per heavy atom. The van der Waals surface area contributed by atoms with Crippen molar-refractivity contribution in [3.63, 3.8) is 0 Å². The quantitative estimate of drug-likeness (QED) is 0.279. The first-order valence-corrected chi connectivity index (χ1v) is 11.8. The maximum absolute atomic E-state index is 13.4. The van der Waals surface area contributed by atoms with Gasteiger partial charge in [0.15, 0.2) is 5.16 Å². The van der Waals surface area contributed by atoms with Gasteiger partial charge in [-0.05, 0) is 55.1 Å². The lowest BCUT2D eigenvalue weighted by atomic mass is 10.1. The molecule has 1 unspecified atom stereocenters. The zero-order valence-corrected chi connectivity index (χ0v) is 19.5. The van der Waals surface area contributed by atoms with Gasteiger partial charge in [0.25, 0.3) is 5.56 Å². The molecule has 0 saturated carbocycles. The topological polar surface area (TPSA) is 76.9 Å². The smallest absolute Gasteiger partial charge is 0.267 e. The molecule has 0 saturated heterocycles. The Morgan fingerprint density at radius 1 is 0.971 bits per heavy atom. The maximum Gasteiger partial charge on any atom is 0.267 e. The molecule has 1 amide bonds. The van der Waals surface area contributed by atoms with Crippen LogP contribution >= 0.6 is 11.8 Å². The zero-order valence-electron chi connectivity index (χ0n) is 18.7. The summed E-state index contributed by atoms with van der Waals surface area (Å²) in [6, 6.07) is 24.6. The summed E-state index contributed by atoms with van der Waals surface area (Å²) in [5, 5.41) is 5.47. The van der Waals surface area contributed by atoms with Crippen LogP contribution in [-0.2, 0) is 4.79 Å². The molecule has 5 rings (SSSR count). The molecule has 168 valence electrons. The van der Waals surface area contributed by atoms with E-state index in [4.69, 9.17) is 4.98 Å². The first kappa shape index (κ1) is 21.9. The molecule has 3 aromatic carbocycles. The summed E-state index contributed by atoms with van der Waals surface area (Å²) in [5.74, 6) is 0.305. The molecule has 0 spiro atoms. The molecule has 0 aliphatic rings. The van der Waals surface area contributed by atoms with E-state index in [0.717, 1.165) is 22.0 Å². The van der Waals surface area contributed by atoms with Crippen LogP contribution in [-0.4, -0.2) is 25.7 Å². The van der Waals surface area contributed by atoms with E-state index in [-0.39, 0.29) is 11.5 Å². The lowest BCUT2D eigenvalue weighted by molar-refractivity contribution is -0.115. The second kappa shape index (κ2) is 9.11. The van der Waals surface area contributed by atoms with E-state index in [1.807, 2.05) is 73.7 Å². The minimum Gasteiger partial charge on any atom is -0.325 e. The van der Waals surface area contributed by atoms with Gasteiger partial charge in [-0.25, -0.2) is 14.5 Å². The van der Waals surface area contributed by atoms with Gasteiger partial charge in [-0.1, -0.05) is 60.3 Å². The number of pyridine rings is 1.